The minimum absolute atomic E-state index is 0.514. The first-order chi connectivity index (χ1) is 51.6. The van der Waals surface area contributed by atoms with E-state index in [-0.39, 0.29) is 0 Å². The van der Waals surface area contributed by atoms with Crippen LogP contribution in [0.3, 0.4) is 0 Å². The number of ether oxygens (including phenoxy) is 3. The second-order valence-corrected chi connectivity index (χ2v) is 34.6. The topological polar surface area (TPSA) is 453 Å². The largest absolute Gasteiger partial charge is 0.756 e. The quantitative estimate of drug-likeness (QED) is 0.0202. The fraction of sp³-hybridized carbons (Fsp3) is 0.688. The van der Waals surface area contributed by atoms with Crippen molar-refractivity contribution in [1.82, 2.24) is 10.6 Å². The Morgan fingerprint density at radius 3 is 1.03 bits per heavy atom. The molecule has 33 heteroatoms. The molecule has 110 heavy (non-hydrogen) atoms. The van der Waals surface area contributed by atoms with Crippen LogP contribution in [0.25, 0.3) is 0 Å². The van der Waals surface area contributed by atoms with Crippen LogP contribution in [0.4, 0.5) is 0 Å². The molecule has 2 aliphatic rings. The molecule has 2 fully saturated rings. The first-order valence-electron chi connectivity index (χ1n) is 37.7. The summed E-state index contributed by atoms with van der Waals surface area (Å²) in [5, 5.41) is 76.3. The molecule has 9 N–H and O–H groups in total. The van der Waals surface area contributed by atoms with Gasteiger partial charge in [-0.3, -0.25) is 32.4 Å². The Balaban J connectivity index is 1.83. The average molecular weight is 1640 g/mol. The molecule has 0 bridgehead atoms. The van der Waals surface area contributed by atoms with Gasteiger partial charge in [0, 0.05) is 13.8 Å². The molecule has 4 unspecified atom stereocenters. The summed E-state index contributed by atoms with van der Waals surface area (Å²) in [6.45, 7) is 20.6. The number of hydrogen-bond acceptors (Lipinski definition) is 27. The Bertz CT molecular complexity index is 3350. The van der Waals surface area contributed by atoms with Gasteiger partial charge in [0.25, 0.3) is 31.3 Å². The van der Waals surface area contributed by atoms with E-state index >= 15 is 0 Å². The molecule has 16 atom stereocenters. The first kappa shape index (κ1) is 102. The van der Waals surface area contributed by atoms with Gasteiger partial charge in [-0.1, -0.05) is 128 Å². The fourth-order valence-electron chi connectivity index (χ4n) is 11.5. The van der Waals surface area contributed by atoms with Gasteiger partial charge in [0.1, 0.15) is 60.9 Å². The van der Waals surface area contributed by atoms with Crippen LogP contribution in [0.5, 0.6) is 0 Å². The highest BCUT2D eigenvalue weighted by molar-refractivity contribution is 7.59. The van der Waals surface area contributed by atoms with Crippen molar-refractivity contribution in [2.75, 3.05) is 46.2 Å². The molecule has 0 saturated carbocycles. The van der Waals surface area contributed by atoms with Crippen molar-refractivity contribution in [3.63, 3.8) is 0 Å². The van der Waals surface area contributed by atoms with Crippen LogP contribution in [0, 0.1) is 0 Å². The van der Waals surface area contributed by atoms with Gasteiger partial charge in [-0.05, 0) is 212 Å². The third kappa shape index (κ3) is 46.0. The maximum Gasteiger partial charge on any atom is 0.276 e. The number of hydrogen-bond donors (Lipinski definition) is 9. The van der Waals surface area contributed by atoms with Crippen LogP contribution in [-0.4, -0.2) is 167 Å². The van der Waals surface area contributed by atoms with Gasteiger partial charge in [-0.25, -0.2) is 4.31 Å². The Morgan fingerprint density at radius 2 is 0.691 bits per heavy atom. The van der Waals surface area contributed by atoms with E-state index in [0.717, 1.165) is 129 Å². The van der Waals surface area contributed by atoms with Crippen molar-refractivity contribution in [1.29, 1.82) is 0 Å². The highest BCUT2D eigenvalue weighted by Crippen LogP contribution is 2.57. The fourth-order valence-corrected chi connectivity index (χ4v) is 15.3. The lowest BCUT2D eigenvalue weighted by Crippen LogP contribution is -2.69. The summed E-state index contributed by atoms with van der Waals surface area (Å²) in [5.74, 6) is -1.89. The van der Waals surface area contributed by atoms with E-state index in [1.165, 1.54) is 61.8 Å². The number of aliphatic hydroxyl groups excluding tert-OH is 7. The van der Waals surface area contributed by atoms with Crippen molar-refractivity contribution in [2.24, 2.45) is 0 Å². The van der Waals surface area contributed by atoms with Gasteiger partial charge >= 0.3 is 0 Å². The second kappa shape index (κ2) is 54.1. The lowest BCUT2D eigenvalue weighted by molar-refractivity contribution is -0.333. The molecule has 0 aromatic carbocycles. The molecule has 0 spiro atoms. The Morgan fingerprint density at radius 1 is 0.391 bits per heavy atom. The molecule has 2 rings (SSSR count). The Kier molecular flexibility index (Phi) is 50.3. The zero-order valence-corrected chi connectivity index (χ0v) is 70.5. The molecule has 2 heterocycles. The zero-order valence-electron chi connectivity index (χ0n) is 67.0. The van der Waals surface area contributed by atoms with Crippen LogP contribution in [0.2, 0.25) is 0 Å². The molecular weight excluding hydrogens is 1510 g/mol. The maximum atomic E-state index is 13.2. The lowest BCUT2D eigenvalue weighted by Gasteiger charge is -2.49. The molecule has 0 radical (unpaired) electrons. The van der Waals surface area contributed by atoms with Crippen molar-refractivity contribution in [2.45, 2.75) is 299 Å². The molecule has 2 amide bonds. The monoisotopic (exact) mass is 1640 g/mol. The summed E-state index contributed by atoms with van der Waals surface area (Å²) in [5.41, 5.74) is 14.8. The van der Waals surface area contributed by atoms with E-state index in [2.05, 4.69) is 159 Å². The standard InChI is InChI=1S/C77H132N2O27P4/c1-53(2)25-15-26-54(3)27-16-28-55(4)29-17-30-56(5)31-18-32-57(6)33-19-34-58(7)35-20-36-59(8)37-21-38-60(9)39-22-40-61(10)41-23-42-62(11)43-24-44-63(12)45-46-97-109(93,94)106-110(95,96)105-77-71(79-65(14)84)72(87)74(68(48-81)102-77)103-76-70(78-64(13)83)73(88)75(69(49-82)101-76)104-108(91,92)100-52-67(86)51-99-107(89,90)98-50-66(85)47-80/h25,27,29,31,33,35,37,39,41,43,45,66-77,80-82,85-88H,15-24,26,28,30,32,34,36,38,40,42,44,46-52H2,1-14H3,(H,78,83)(H,79,84)(H,89,90)(H,91,92)(H,93,94)(H,95,96)/p-4/b54-27+,55-29+,56-31-,57-33-,58-35-,59-37-,60-39-,61-41-,62-43-,63-45-/t66-,67-,68-,69-,70-,71-,72-,73-,74-,75-,76+,77-/m1/s1. The predicted molar refractivity (Wildman–Crippen MR) is 413 cm³/mol. The zero-order chi connectivity index (χ0) is 82.8. The third-order valence-corrected chi connectivity index (χ3v) is 22.4. The smallest absolute Gasteiger partial charge is 0.276 e. The molecule has 0 aromatic rings. The van der Waals surface area contributed by atoms with Gasteiger partial charge in [-0.2, -0.15) is 0 Å². The normalized spacial score (nSPS) is 24.8. The highest BCUT2D eigenvalue weighted by atomic mass is 31.3. The van der Waals surface area contributed by atoms with Crippen LogP contribution < -0.4 is 30.2 Å². The van der Waals surface area contributed by atoms with Gasteiger partial charge in [0.15, 0.2) is 12.6 Å². The summed E-state index contributed by atoms with van der Waals surface area (Å²) in [7, 11) is -22.7. The van der Waals surface area contributed by atoms with E-state index in [0.29, 0.717) is 18.4 Å². The van der Waals surface area contributed by atoms with Crippen LogP contribution in [0.1, 0.15) is 225 Å². The molecule has 632 valence electrons. The van der Waals surface area contributed by atoms with E-state index in [4.69, 9.17) is 32.9 Å². The number of carbonyl (C=O) groups is 2. The van der Waals surface area contributed by atoms with Crippen LogP contribution >= 0.6 is 31.3 Å². The Labute approximate surface area is 652 Å². The SMILES string of the molecule is CC(=O)N[C@H]1[C@@H](OP(=O)([O-])OP(=O)([O-])OC/C=C(/C)CC/C=C(/C)CC/C=C(/C)CC/C=C(/C)CC/C=C(/C)CC/C=C(/C)CC/C=C(/C)CC/C=C(/C)CC/C=C(\C)CC/C=C(\C)CCC=C(C)C)O[C@H](CO)[C@@H](O[C@@H]2O[C@H](CO)[C@@H](OP(=O)([O-])OC[C@H](O)COP(=O)([O-])OC[C@H](O)CO)[C@H](O)[C@H]2NC(C)=O)[C@@H]1O. The van der Waals surface area contributed by atoms with Gasteiger partial charge < -0.3 is 103 Å². The molecule has 0 aliphatic carbocycles. The number of phosphoric ester groups is 4. The number of phosphoric acid groups is 4. The molecule has 0 aromatic heterocycles. The number of amides is 2. The number of allylic oxidation sites excluding steroid dienone is 21. The van der Waals surface area contributed by atoms with Gasteiger partial charge in [0.05, 0.1) is 46.2 Å². The predicted octanol–water partition coefficient (Wildman–Crippen LogP) is 10.8. The van der Waals surface area contributed by atoms with E-state index in [1.807, 2.05) is 6.92 Å². The van der Waals surface area contributed by atoms with Crippen molar-refractivity contribution >= 4 is 43.1 Å². The Hall–Kier alpha value is -3.84. The number of aliphatic hydroxyl groups is 7. The summed E-state index contributed by atoms with van der Waals surface area (Å²) in [6.07, 6.45) is 24.5. The average Bonchev–Trinajstić information content (AvgIpc) is 0.765. The molecule has 29 nitrogen and oxygen atoms in total. The van der Waals surface area contributed by atoms with Crippen molar-refractivity contribution in [3.05, 3.63) is 128 Å². The number of rotatable bonds is 55. The van der Waals surface area contributed by atoms with Crippen molar-refractivity contribution < 1.29 is 129 Å². The lowest BCUT2D eigenvalue weighted by atomic mass is 9.94. The minimum atomic E-state index is -6.09. The number of nitrogens with one attached hydrogen (secondary N) is 2. The summed E-state index contributed by atoms with van der Waals surface area (Å²) in [6, 6.07) is -3.93. The van der Waals surface area contributed by atoms with Gasteiger partial charge in [-0.15, -0.1) is 0 Å². The molecule has 2 saturated heterocycles. The van der Waals surface area contributed by atoms with Crippen molar-refractivity contribution in [3.8, 4) is 0 Å². The first-order valence-corrected chi connectivity index (χ1v) is 43.6. The number of carbonyl (C=O) groups excluding carboxylic acids is 2. The summed E-state index contributed by atoms with van der Waals surface area (Å²) < 4.78 is 100. The summed E-state index contributed by atoms with van der Waals surface area (Å²) >= 11 is 0. The van der Waals surface area contributed by atoms with Crippen LogP contribution in [0.15, 0.2) is 128 Å². The van der Waals surface area contributed by atoms with Gasteiger partial charge in [0.2, 0.25) is 11.8 Å². The minimum Gasteiger partial charge on any atom is -0.756 e. The van der Waals surface area contributed by atoms with E-state index in [9.17, 15) is 78.1 Å². The summed E-state index contributed by atoms with van der Waals surface area (Å²) in [4.78, 5) is 75.6. The third-order valence-electron chi connectivity index (χ3n) is 17.9. The highest BCUT2D eigenvalue weighted by Gasteiger charge is 2.54. The maximum absolute atomic E-state index is 13.2. The van der Waals surface area contributed by atoms with E-state index in [1.54, 1.807) is 6.92 Å². The molecule has 2 aliphatic heterocycles. The van der Waals surface area contributed by atoms with Crippen LogP contribution in [-0.2, 0) is 73.5 Å². The van der Waals surface area contributed by atoms with E-state index < -0.39 is 163 Å². The molecular formula is C77H128N2O27P4-4. The second-order valence-electron chi connectivity index (χ2n) is 28.9.